The zero-order chi connectivity index (χ0) is 42.7. The summed E-state index contributed by atoms with van der Waals surface area (Å²) in [6.45, 7) is 9.29. The topological polar surface area (TPSA) is 203 Å². The van der Waals surface area contributed by atoms with Crippen molar-refractivity contribution in [1.29, 1.82) is 0 Å². The molecule has 4 fully saturated rings. The highest BCUT2D eigenvalue weighted by Crippen LogP contribution is 2.60. The molecule has 4 aromatic rings. The van der Waals surface area contributed by atoms with Gasteiger partial charge in [0.05, 0.1) is 39.1 Å². The highest BCUT2D eigenvalue weighted by atomic mass is 19.1. The molecule has 59 heavy (non-hydrogen) atoms. The molecule has 17 heteroatoms. The number of fused-ring (bicyclic) bond motifs is 3. The predicted molar refractivity (Wildman–Crippen MR) is 213 cm³/mol. The Balaban J connectivity index is 0.00000260. The van der Waals surface area contributed by atoms with Gasteiger partial charge in [0.15, 0.2) is 5.82 Å². The summed E-state index contributed by atoms with van der Waals surface area (Å²) in [6, 6.07) is 6.50. The zero-order valence-electron chi connectivity index (χ0n) is 34.3. The summed E-state index contributed by atoms with van der Waals surface area (Å²) in [5.41, 5.74) is -7.07. The molecule has 6 N–H and O–H groups in total. The minimum absolute atomic E-state index is 0.000355. The number of aromatic hydroxyl groups is 1. The molecule has 8 rings (SSSR count). The molecule has 0 bridgehead atoms. The number of methoxy groups -OCH3 is 1. The zero-order valence-corrected chi connectivity index (χ0v) is 34.3. The lowest BCUT2D eigenvalue weighted by Crippen LogP contribution is -2.78. The number of aromatic nitrogens is 3. The molecular formula is C42H55F2N5O10. The number of benzene rings is 2. The van der Waals surface area contributed by atoms with Crippen LogP contribution < -0.4 is 14.4 Å². The summed E-state index contributed by atoms with van der Waals surface area (Å²) in [5.74, 6) is -4.52. The standard InChI is InChI=1S/C40H49F2N5O10.C2H6/c1-22-17-38(50,18-23(2)57-22)47-39(51)10-6-9-37(39,11-12-40(47,52)53)21-56-35-44-32-29(33(45-35)46-13-14-55-20-36(3,49)19-46)34(54-4)43-31(30(32)42)26-16-25(48)15-24-7-5-8-27(41)28(24)26;1-2/h5,7-8,15-16,22-23,48-53H,6,9-14,17-21H2,1-4H3;1-2H3. The number of piperidine rings is 1. The maximum Gasteiger partial charge on any atom is 0.319 e. The molecule has 1 saturated carbocycles. The number of anilines is 1. The van der Waals surface area contributed by atoms with E-state index in [1.807, 2.05) is 13.8 Å². The van der Waals surface area contributed by atoms with Gasteiger partial charge in [0, 0.05) is 42.2 Å². The molecule has 5 unspecified atom stereocenters. The summed E-state index contributed by atoms with van der Waals surface area (Å²) in [6.07, 6.45) is -0.0709. The number of rotatable bonds is 7. The van der Waals surface area contributed by atoms with Crippen LogP contribution in [0, 0.1) is 17.0 Å². The molecule has 15 nitrogen and oxygen atoms in total. The van der Waals surface area contributed by atoms with E-state index < -0.39 is 52.2 Å². The van der Waals surface area contributed by atoms with E-state index in [1.54, 1.807) is 31.7 Å². The van der Waals surface area contributed by atoms with E-state index in [2.05, 4.69) is 9.97 Å². The van der Waals surface area contributed by atoms with Gasteiger partial charge >= 0.3 is 6.01 Å². The molecule has 3 saturated heterocycles. The van der Waals surface area contributed by atoms with E-state index >= 15 is 8.78 Å². The fraction of sp³-hybridized carbons (Fsp3) is 0.595. The average molecular weight is 828 g/mol. The van der Waals surface area contributed by atoms with Crippen molar-refractivity contribution in [1.82, 2.24) is 19.9 Å². The fourth-order valence-electron chi connectivity index (χ4n) is 9.91. The Kier molecular flexibility index (Phi) is 11.5. The largest absolute Gasteiger partial charge is 0.508 e. The third-order valence-corrected chi connectivity index (χ3v) is 12.1. The van der Waals surface area contributed by atoms with Crippen LogP contribution in [0.15, 0.2) is 30.3 Å². The first-order chi connectivity index (χ1) is 27.9. The number of hydrogen-bond donors (Lipinski definition) is 6. The minimum Gasteiger partial charge on any atom is -0.508 e. The van der Waals surface area contributed by atoms with Gasteiger partial charge in [-0.25, -0.2) is 13.8 Å². The SMILES string of the molecule is CC.COc1nc(-c2cc(O)cc3cccc(F)c23)c(F)c2nc(OCC34CCCC3(O)N(C3(O)CC(C)OC(C)C3)C(O)(O)CC4)nc(N3CCOCC(C)(O)C3)c12. The molecule has 5 heterocycles. The molecule has 2 aromatic carbocycles. The molecular weight excluding hydrogens is 772 g/mol. The lowest BCUT2D eigenvalue weighted by molar-refractivity contribution is -0.437. The van der Waals surface area contributed by atoms with Gasteiger partial charge in [0.2, 0.25) is 11.8 Å². The number of phenols is 1. The smallest absolute Gasteiger partial charge is 0.319 e. The lowest BCUT2D eigenvalue weighted by atomic mass is 9.70. The van der Waals surface area contributed by atoms with E-state index in [9.17, 15) is 30.6 Å². The summed E-state index contributed by atoms with van der Waals surface area (Å²) >= 11 is 0. The Morgan fingerprint density at radius 2 is 1.66 bits per heavy atom. The maximum absolute atomic E-state index is 17.2. The van der Waals surface area contributed by atoms with E-state index in [-0.39, 0.29) is 116 Å². The Labute approximate surface area is 341 Å². The second-order valence-corrected chi connectivity index (χ2v) is 16.6. The fourth-order valence-corrected chi connectivity index (χ4v) is 9.91. The summed E-state index contributed by atoms with van der Waals surface area (Å²) < 4.78 is 56.3. The van der Waals surface area contributed by atoms with Crippen LogP contribution in [-0.4, -0.2) is 126 Å². The Morgan fingerprint density at radius 3 is 2.37 bits per heavy atom. The van der Waals surface area contributed by atoms with E-state index in [0.717, 1.165) is 4.90 Å². The third-order valence-electron chi connectivity index (χ3n) is 12.1. The number of aliphatic hydroxyl groups is 5. The van der Waals surface area contributed by atoms with Gasteiger partial charge in [-0.15, -0.1) is 0 Å². The van der Waals surface area contributed by atoms with Crippen LogP contribution in [0.25, 0.3) is 32.9 Å². The second kappa shape index (κ2) is 15.8. The van der Waals surface area contributed by atoms with Crippen LogP contribution >= 0.6 is 0 Å². The molecule has 0 spiro atoms. The van der Waals surface area contributed by atoms with Crippen molar-refractivity contribution in [3.05, 3.63) is 42.0 Å². The van der Waals surface area contributed by atoms with E-state index in [1.165, 1.54) is 31.4 Å². The van der Waals surface area contributed by atoms with Crippen molar-refractivity contribution in [2.45, 2.75) is 115 Å². The third kappa shape index (κ3) is 7.53. The van der Waals surface area contributed by atoms with Crippen molar-refractivity contribution in [2.24, 2.45) is 5.41 Å². The van der Waals surface area contributed by atoms with Gasteiger partial charge in [-0.05, 0) is 70.0 Å². The number of hydrogen-bond acceptors (Lipinski definition) is 15. The Hall–Kier alpha value is -4.07. The van der Waals surface area contributed by atoms with Crippen molar-refractivity contribution >= 4 is 27.5 Å². The minimum atomic E-state index is -2.56. The Morgan fingerprint density at radius 1 is 0.932 bits per heavy atom. The lowest BCUT2D eigenvalue weighted by Gasteiger charge is -2.62. The molecule has 0 amide bonds. The second-order valence-electron chi connectivity index (χ2n) is 16.6. The number of nitrogens with zero attached hydrogens (tertiary/aromatic N) is 5. The first-order valence-electron chi connectivity index (χ1n) is 20.3. The van der Waals surface area contributed by atoms with Crippen molar-refractivity contribution in [3.63, 3.8) is 0 Å². The van der Waals surface area contributed by atoms with Gasteiger partial charge in [-0.2, -0.15) is 14.9 Å². The average Bonchev–Trinajstić information content (AvgIpc) is 3.38. The van der Waals surface area contributed by atoms with Crippen molar-refractivity contribution < 1.29 is 58.4 Å². The van der Waals surface area contributed by atoms with Crippen molar-refractivity contribution in [3.8, 4) is 28.9 Å². The molecule has 4 aliphatic rings. The maximum atomic E-state index is 17.2. The van der Waals surface area contributed by atoms with Crippen LogP contribution in [0.1, 0.15) is 79.6 Å². The molecule has 5 atom stereocenters. The molecule has 0 radical (unpaired) electrons. The molecule has 2 aromatic heterocycles. The summed E-state index contributed by atoms with van der Waals surface area (Å²) in [7, 11) is 1.33. The first kappa shape index (κ1) is 43.0. The number of pyridine rings is 1. The quantitative estimate of drug-likeness (QED) is 0.140. The predicted octanol–water partition coefficient (Wildman–Crippen LogP) is 4.70. The first-order valence-corrected chi connectivity index (χ1v) is 20.3. The summed E-state index contributed by atoms with van der Waals surface area (Å²) in [5, 5.41) is 69.7. The monoisotopic (exact) mass is 827 g/mol. The molecule has 3 aliphatic heterocycles. The van der Waals surface area contributed by atoms with E-state index in [4.69, 9.17) is 23.9 Å². The number of likely N-dealkylation sites (tertiary alicyclic amines) is 1. The Bertz CT molecular complexity index is 2200. The van der Waals surface area contributed by atoms with E-state index in [0.29, 0.717) is 18.2 Å². The highest BCUT2D eigenvalue weighted by molar-refractivity contribution is 6.02. The number of halogens is 2. The highest BCUT2D eigenvalue weighted by Gasteiger charge is 2.70. The van der Waals surface area contributed by atoms with Crippen LogP contribution in [0.4, 0.5) is 14.6 Å². The normalized spacial score (nSPS) is 31.0. The summed E-state index contributed by atoms with van der Waals surface area (Å²) in [4.78, 5) is 16.5. The van der Waals surface area contributed by atoms with Crippen LogP contribution in [-0.2, 0) is 9.47 Å². The van der Waals surface area contributed by atoms with Gasteiger partial charge in [0.1, 0.15) is 57.6 Å². The molecule has 1 aliphatic carbocycles. The number of ether oxygens (including phenoxy) is 4. The number of phenolic OH excluding ortho intramolecular Hbond substituents is 1. The van der Waals surface area contributed by atoms with Gasteiger partial charge in [-0.3, -0.25) is 0 Å². The van der Waals surface area contributed by atoms with Gasteiger partial charge < -0.3 is 54.5 Å². The van der Waals surface area contributed by atoms with Crippen molar-refractivity contribution in [2.75, 3.05) is 44.9 Å². The van der Waals surface area contributed by atoms with Gasteiger partial charge in [0.25, 0.3) is 0 Å². The van der Waals surface area contributed by atoms with Gasteiger partial charge in [-0.1, -0.05) is 26.0 Å². The van der Waals surface area contributed by atoms with Crippen LogP contribution in [0.5, 0.6) is 17.6 Å². The number of β-amino-alcohol motifs (C(OH)–C–C–N with tert-alkyl or cyclic N) is 1. The van der Waals surface area contributed by atoms with Crippen LogP contribution in [0.2, 0.25) is 0 Å². The van der Waals surface area contributed by atoms with Crippen LogP contribution in [0.3, 0.4) is 0 Å². The molecule has 322 valence electrons.